The molecular formula is C8H6F4O6PS2+. The van der Waals surface area contributed by atoms with Gasteiger partial charge in [0.05, 0.1) is 0 Å². The molecule has 1 atom stereocenters. The minimum Gasteiger partial charge on any atom is -0.232 e. The Labute approximate surface area is 121 Å². The smallest absolute Gasteiger partial charge is 0.232 e. The molecule has 13 heteroatoms. The summed E-state index contributed by atoms with van der Waals surface area (Å²) in [5.41, 5.74) is -4.84. The average Bonchev–Trinajstić information content (AvgIpc) is 2.25. The fraction of sp³-hybridized carbons (Fsp3) is 0.250. The third kappa shape index (κ3) is 5.85. The van der Waals surface area contributed by atoms with Gasteiger partial charge in [-0.2, -0.15) is 21.6 Å². The SMILES string of the molecule is O=[P+](O)OCOS(=O)(=O)c1c(F)cccc1SC(F)(F)F. The summed E-state index contributed by atoms with van der Waals surface area (Å²) in [5.74, 6) is -1.46. The lowest BCUT2D eigenvalue weighted by atomic mass is 10.3. The van der Waals surface area contributed by atoms with E-state index in [1.165, 1.54) is 0 Å². The minimum atomic E-state index is -4.95. The Kier molecular flexibility index (Phi) is 6.08. The number of hydrogen-bond acceptors (Lipinski definition) is 6. The van der Waals surface area contributed by atoms with E-state index in [0.717, 1.165) is 12.1 Å². The van der Waals surface area contributed by atoms with Crippen LogP contribution < -0.4 is 0 Å². The first-order chi connectivity index (χ1) is 9.53. The number of thioether (sulfide) groups is 1. The van der Waals surface area contributed by atoms with Crippen molar-refractivity contribution in [1.82, 2.24) is 0 Å². The molecule has 0 radical (unpaired) electrons. The van der Waals surface area contributed by atoms with Crippen LogP contribution in [0.3, 0.4) is 0 Å². The van der Waals surface area contributed by atoms with Crippen molar-refractivity contribution >= 4 is 30.1 Å². The van der Waals surface area contributed by atoms with Crippen molar-refractivity contribution in [2.24, 2.45) is 0 Å². The lowest BCUT2D eigenvalue weighted by molar-refractivity contribution is -0.0329. The number of alkyl halides is 3. The monoisotopic (exact) mass is 369 g/mol. The van der Waals surface area contributed by atoms with Crippen LogP contribution >= 0.6 is 20.0 Å². The van der Waals surface area contributed by atoms with E-state index >= 15 is 0 Å². The molecule has 0 aliphatic rings. The van der Waals surface area contributed by atoms with Crippen LogP contribution in [0.4, 0.5) is 17.6 Å². The summed E-state index contributed by atoms with van der Waals surface area (Å²) in [6.07, 6.45) is 0. The molecule has 1 N–H and O–H groups in total. The first kappa shape index (κ1) is 18.3. The highest BCUT2D eigenvalue weighted by Crippen LogP contribution is 2.41. The predicted molar refractivity (Wildman–Crippen MR) is 62.4 cm³/mol. The van der Waals surface area contributed by atoms with Crippen LogP contribution in [0.2, 0.25) is 0 Å². The molecule has 0 aromatic heterocycles. The highest BCUT2D eigenvalue weighted by molar-refractivity contribution is 8.00. The van der Waals surface area contributed by atoms with Crippen molar-refractivity contribution in [3.05, 3.63) is 24.0 Å². The van der Waals surface area contributed by atoms with E-state index < -0.39 is 58.0 Å². The number of benzene rings is 1. The van der Waals surface area contributed by atoms with Gasteiger partial charge in [0.1, 0.15) is 10.7 Å². The molecule has 0 spiro atoms. The quantitative estimate of drug-likeness (QED) is 0.271. The molecule has 118 valence electrons. The zero-order chi connectivity index (χ0) is 16.3. The molecule has 0 aliphatic heterocycles. The van der Waals surface area contributed by atoms with Gasteiger partial charge in [-0.3, -0.25) is 0 Å². The predicted octanol–water partition coefficient (Wildman–Crippen LogP) is 2.77. The van der Waals surface area contributed by atoms with Gasteiger partial charge in [-0.05, 0) is 23.9 Å². The Morgan fingerprint density at radius 3 is 2.48 bits per heavy atom. The van der Waals surface area contributed by atoms with E-state index in [2.05, 4.69) is 8.71 Å². The normalized spacial score (nSPS) is 13.3. The second-order valence-electron chi connectivity index (χ2n) is 3.17. The minimum absolute atomic E-state index is 0.629. The highest BCUT2D eigenvalue weighted by Gasteiger charge is 2.35. The second-order valence-corrected chi connectivity index (χ2v) is 6.56. The van der Waals surface area contributed by atoms with Crippen LogP contribution in [0.15, 0.2) is 28.0 Å². The van der Waals surface area contributed by atoms with E-state index in [1.54, 1.807) is 0 Å². The van der Waals surface area contributed by atoms with Crippen molar-refractivity contribution in [2.75, 3.05) is 6.79 Å². The van der Waals surface area contributed by atoms with Gasteiger partial charge < -0.3 is 0 Å². The maximum atomic E-state index is 13.5. The molecule has 0 saturated heterocycles. The molecule has 0 bridgehead atoms. The van der Waals surface area contributed by atoms with Gasteiger partial charge >= 0.3 is 23.9 Å². The van der Waals surface area contributed by atoms with E-state index in [4.69, 9.17) is 4.89 Å². The highest BCUT2D eigenvalue weighted by atomic mass is 32.2. The van der Waals surface area contributed by atoms with Crippen LogP contribution in [0.5, 0.6) is 0 Å². The van der Waals surface area contributed by atoms with Crippen LogP contribution in [-0.2, 0) is 23.4 Å². The Morgan fingerprint density at radius 2 is 1.95 bits per heavy atom. The van der Waals surface area contributed by atoms with E-state index in [-0.39, 0.29) is 0 Å². The third-order valence-electron chi connectivity index (χ3n) is 1.77. The van der Waals surface area contributed by atoms with Crippen molar-refractivity contribution in [1.29, 1.82) is 0 Å². The molecule has 0 saturated carbocycles. The summed E-state index contributed by atoms with van der Waals surface area (Å²) in [5, 5.41) is 0. The largest absolute Gasteiger partial charge is 0.697 e. The maximum absolute atomic E-state index is 13.5. The summed E-state index contributed by atoms with van der Waals surface area (Å²) in [7, 11) is -8.13. The first-order valence-electron chi connectivity index (χ1n) is 4.75. The van der Waals surface area contributed by atoms with Crippen molar-refractivity contribution in [2.45, 2.75) is 15.3 Å². The molecule has 0 fully saturated rings. The second kappa shape index (κ2) is 6.99. The Morgan fingerprint density at radius 1 is 1.33 bits per heavy atom. The summed E-state index contributed by atoms with van der Waals surface area (Å²) in [6, 6.07) is 2.26. The molecule has 21 heavy (non-hydrogen) atoms. The van der Waals surface area contributed by atoms with Crippen LogP contribution in [0.1, 0.15) is 0 Å². The van der Waals surface area contributed by atoms with Crippen LogP contribution in [0, 0.1) is 5.82 Å². The zero-order valence-electron chi connectivity index (χ0n) is 9.70. The molecule has 1 aromatic carbocycles. The summed E-state index contributed by atoms with van der Waals surface area (Å²) < 4.78 is 91.8. The topological polar surface area (TPSA) is 89.9 Å². The lowest BCUT2D eigenvalue weighted by Crippen LogP contribution is -2.12. The van der Waals surface area contributed by atoms with Gasteiger partial charge in [-0.1, -0.05) is 10.6 Å². The molecule has 1 aromatic rings. The Hall–Kier alpha value is -0.780. The van der Waals surface area contributed by atoms with Crippen molar-refractivity contribution in [3.8, 4) is 0 Å². The zero-order valence-corrected chi connectivity index (χ0v) is 12.2. The lowest BCUT2D eigenvalue weighted by Gasteiger charge is -2.11. The number of hydrogen-bond donors (Lipinski definition) is 1. The average molecular weight is 369 g/mol. The van der Waals surface area contributed by atoms with Crippen molar-refractivity contribution < 1.29 is 44.1 Å². The molecule has 0 aliphatic carbocycles. The molecule has 6 nitrogen and oxygen atoms in total. The molecule has 1 unspecified atom stereocenters. The van der Waals surface area contributed by atoms with Gasteiger partial charge in [-0.15, -0.1) is 4.89 Å². The fourth-order valence-electron chi connectivity index (χ4n) is 1.13. The van der Waals surface area contributed by atoms with Gasteiger partial charge in [0.2, 0.25) is 6.79 Å². The third-order valence-corrected chi connectivity index (χ3v) is 4.34. The molecule has 1 rings (SSSR count). The Bertz CT molecular complexity index is 632. The maximum Gasteiger partial charge on any atom is 0.697 e. The summed E-state index contributed by atoms with van der Waals surface area (Å²) in [6.45, 7) is -1.25. The summed E-state index contributed by atoms with van der Waals surface area (Å²) in [4.78, 5) is 6.00. The number of rotatable bonds is 6. The Balaban J connectivity index is 3.12. The van der Waals surface area contributed by atoms with E-state index in [1.807, 2.05) is 0 Å². The van der Waals surface area contributed by atoms with Gasteiger partial charge in [-0.25, -0.2) is 8.57 Å². The van der Waals surface area contributed by atoms with E-state index in [9.17, 15) is 30.5 Å². The standard InChI is InChI=1S/C8H5F4O6PS2/c9-5-2-1-3-6(20-8(10,11)12)7(5)21(15,16)18-4-17-19(13)14/h1-3H,4H2/p+1. The fourth-order valence-corrected chi connectivity index (χ4v) is 3.27. The van der Waals surface area contributed by atoms with Gasteiger partial charge in [0, 0.05) is 9.46 Å². The van der Waals surface area contributed by atoms with Crippen molar-refractivity contribution in [3.63, 3.8) is 0 Å². The molecular weight excluding hydrogens is 363 g/mol. The van der Waals surface area contributed by atoms with Gasteiger partial charge in [0.15, 0.2) is 0 Å². The molecule has 0 amide bonds. The number of halogens is 4. The van der Waals surface area contributed by atoms with Gasteiger partial charge in [0.25, 0.3) is 0 Å². The first-order valence-corrected chi connectivity index (χ1v) is 8.11. The van der Waals surface area contributed by atoms with Crippen LogP contribution in [-0.4, -0.2) is 25.6 Å². The summed E-state index contributed by atoms with van der Waals surface area (Å²) >= 11 is -0.839. The molecule has 0 heterocycles. The van der Waals surface area contributed by atoms with Crippen LogP contribution in [0.25, 0.3) is 0 Å². The van der Waals surface area contributed by atoms with E-state index in [0.29, 0.717) is 6.07 Å².